The Bertz CT molecular complexity index is 217. The predicted octanol–water partition coefficient (Wildman–Crippen LogP) is 3.29. The Morgan fingerprint density at radius 1 is 1.18 bits per heavy atom. The Labute approximate surface area is 107 Å². The first-order valence-electron chi connectivity index (χ1n) is 7.25. The highest BCUT2D eigenvalue weighted by atomic mass is 16.3. The molecule has 0 aromatic carbocycles. The van der Waals surface area contributed by atoms with E-state index in [9.17, 15) is 5.11 Å². The molecule has 0 saturated heterocycles. The standard InChI is InChI=1S/C15H31NO/c1-12(2)10-16(14-8-6-7-9-14)11-15(4,5)13(3)17/h12-14,17H,6-11H2,1-5H3. The van der Waals surface area contributed by atoms with Crippen LogP contribution in [0, 0.1) is 11.3 Å². The molecule has 0 amide bonds. The first-order valence-corrected chi connectivity index (χ1v) is 7.25. The van der Waals surface area contributed by atoms with Gasteiger partial charge in [-0.15, -0.1) is 0 Å². The number of aliphatic hydroxyl groups is 1. The van der Waals surface area contributed by atoms with Crippen molar-refractivity contribution in [3.63, 3.8) is 0 Å². The van der Waals surface area contributed by atoms with Crippen LogP contribution in [0.4, 0.5) is 0 Å². The summed E-state index contributed by atoms with van der Waals surface area (Å²) in [6, 6.07) is 0.760. The van der Waals surface area contributed by atoms with Crippen molar-refractivity contribution in [2.45, 2.75) is 72.4 Å². The number of nitrogens with zero attached hydrogens (tertiary/aromatic N) is 1. The molecule has 1 unspecified atom stereocenters. The van der Waals surface area contributed by atoms with Crippen molar-refractivity contribution in [3.05, 3.63) is 0 Å². The summed E-state index contributed by atoms with van der Waals surface area (Å²) in [5.74, 6) is 0.709. The number of rotatable bonds is 6. The summed E-state index contributed by atoms with van der Waals surface area (Å²) in [5, 5.41) is 9.88. The second kappa shape index (κ2) is 6.19. The molecule has 0 aromatic rings. The summed E-state index contributed by atoms with van der Waals surface area (Å²) in [7, 11) is 0. The maximum Gasteiger partial charge on any atom is 0.0575 e. The molecule has 1 rings (SSSR count). The van der Waals surface area contributed by atoms with Crippen molar-refractivity contribution in [1.29, 1.82) is 0 Å². The second-order valence-electron chi connectivity index (χ2n) is 6.93. The molecule has 0 bridgehead atoms. The first kappa shape index (κ1) is 15.0. The summed E-state index contributed by atoms with van der Waals surface area (Å²) in [6.45, 7) is 13.0. The van der Waals surface area contributed by atoms with E-state index < -0.39 is 0 Å². The molecule has 1 saturated carbocycles. The zero-order valence-corrected chi connectivity index (χ0v) is 12.4. The van der Waals surface area contributed by atoms with Crippen molar-refractivity contribution in [3.8, 4) is 0 Å². The molecule has 2 heteroatoms. The van der Waals surface area contributed by atoms with Crippen LogP contribution in [-0.4, -0.2) is 35.2 Å². The number of hydrogen-bond acceptors (Lipinski definition) is 2. The number of hydrogen-bond donors (Lipinski definition) is 1. The predicted molar refractivity (Wildman–Crippen MR) is 74.1 cm³/mol. The van der Waals surface area contributed by atoms with E-state index in [0.717, 1.165) is 12.6 Å². The van der Waals surface area contributed by atoms with Crippen LogP contribution in [0.1, 0.15) is 60.3 Å². The fourth-order valence-electron chi connectivity index (χ4n) is 2.74. The highest BCUT2D eigenvalue weighted by Crippen LogP contribution is 2.29. The fourth-order valence-corrected chi connectivity index (χ4v) is 2.74. The van der Waals surface area contributed by atoms with E-state index in [4.69, 9.17) is 0 Å². The quantitative estimate of drug-likeness (QED) is 0.771. The molecule has 0 spiro atoms. The van der Waals surface area contributed by atoms with Gasteiger partial charge in [-0.1, -0.05) is 40.5 Å². The summed E-state index contributed by atoms with van der Waals surface area (Å²) < 4.78 is 0. The van der Waals surface area contributed by atoms with Crippen molar-refractivity contribution in [2.75, 3.05) is 13.1 Å². The molecule has 1 aliphatic carbocycles. The van der Waals surface area contributed by atoms with Crippen molar-refractivity contribution < 1.29 is 5.11 Å². The minimum atomic E-state index is -0.237. The monoisotopic (exact) mass is 241 g/mol. The first-order chi connectivity index (χ1) is 7.83. The molecule has 102 valence electrons. The van der Waals surface area contributed by atoms with Gasteiger partial charge < -0.3 is 5.11 Å². The van der Waals surface area contributed by atoms with Crippen LogP contribution in [0.15, 0.2) is 0 Å². The lowest BCUT2D eigenvalue weighted by Crippen LogP contribution is -2.45. The zero-order chi connectivity index (χ0) is 13.1. The van der Waals surface area contributed by atoms with E-state index in [1.807, 2.05) is 6.92 Å². The minimum Gasteiger partial charge on any atom is -0.393 e. The summed E-state index contributed by atoms with van der Waals surface area (Å²) in [5.41, 5.74) is -0.00250. The molecular formula is C15H31NO. The van der Waals surface area contributed by atoms with Gasteiger partial charge in [-0.05, 0) is 25.7 Å². The third kappa shape index (κ3) is 4.59. The van der Waals surface area contributed by atoms with Gasteiger partial charge in [0.1, 0.15) is 0 Å². The normalized spacial score (nSPS) is 20.5. The topological polar surface area (TPSA) is 23.5 Å². The van der Waals surface area contributed by atoms with Crippen molar-refractivity contribution in [1.82, 2.24) is 4.90 Å². The largest absolute Gasteiger partial charge is 0.393 e. The Balaban J connectivity index is 2.62. The molecule has 0 aromatic heterocycles. The third-order valence-electron chi connectivity index (χ3n) is 4.18. The van der Waals surface area contributed by atoms with Gasteiger partial charge in [0.15, 0.2) is 0 Å². The van der Waals surface area contributed by atoms with E-state index in [0.29, 0.717) is 5.92 Å². The molecular weight excluding hydrogens is 210 g/mol. The lowest BCUT2D eigenvalue weighted by molar-refractivity contribution is 0.0185. The Kier molecular flexibility index (Phi) is 5.46. The highest BCUT2D eigenvalue weighted by Gasteiger charge is 2.31. The zero-order valence-electron chi connectivity index (χ0n) is 12.4. The van der Waals surface area contributed by atoms with Crippen LogP contribution >= 0.6 is 0 Å². The van der Waals surface area contributed by atoms with E-state index >= 15 is 0 Å². The van der Waals surface area contributed by atoms with Crippen LogP contribution in [0.3, 0.4) is 0 Å². The Morgan fingerprint density at radius 2 is 1.71 bits per heavy atom. The molecule has 1 aliphatic rings. The van der Waals surface area contributed by atoms with E-state index in [2.05, 4.69) is 32.6 Å². The smallest absolute Gasteiger partial charge is 0.0575 e. The Hall–Kier alpha value is -0.0800. The molecule has 2 nitrogen and oxygen atoms in total. The highest BCUT2D eigenvalue weighted by molar-refractivity contribution is 4.85. The molecule has 0 aliphatic heterocycles. The van der Waals surface area contributed by atoms with E-state index in [1.54, 1.807) is 0 Å². The summed E-state index contributed by atoms with van der Waals surface area (Å²) in [4.78, 5) is 2.63. The minimum absolute atomic E-state index is 0.00250. The lowest BCUT2D eigenvalue weighted by Gasteiger charge is -2.39. The molecule has 17 heavy (non-hydrogen) atoms. The van der Waals surface area contributed by atoms with Crippen LogP contribution in [0.2, 0.25) is 0 Å². The van der Waals surface area contributed by atoms with Crippen LogP contribution in [0.5, 0.6) is 0 Å². The van der Waals surface area contributed by atoms with E-state index in [1.165, 1.54) is 32.2 Å². The van der Waals surface area contributed by atoms with Crippen LogP contribution < -0.4 is 0 Å². The van der Waals surface area contributed by atoms with Gasteiger partial charge in [-0.2, -0.15) is 0 Å². The molecule has 1 atom stereocenters. The van der Waals surface area contributed by atoms with E-state index in [-0.39, 0.29) is 11.5 Å². The van der Waals surface area contributed by atoms with Crippen molar-refractivity contribution in [2.24, 2.45) is 11.3 Å². The maximum atomic E-state index is 9.88. The van der Waals surface area contributed by atoms with Gasteiger partial charge in [-0.25, -0.2) is 0 Å². The molecule has 0 radical (unpaired) electrons. The summed E-state index contributed by atoms with van der Waals surface area (Å²) in [6.07, 6.45) is 5.23. The van der Waals surface area contributed by atoms with Gasteiger partial charge in [0.05, 0.1) is 6.10 Å². The molecule has 1 N–H and O–H groups in total. The van der Waals surface area contributed by atoms with Gasteiger partial charge >= 0.3 is 0 Å². The van der Waals surface area contributed by atoms with Gasteiger partial charge in [0.25, 0.3) is 0 Å². The van der Waals surface area contributed by atoms with Gasteiger partial charge in [0, 0.05) is 24.5 Å². The van der Waals surface area contributed by atoms with Crippen LogP contribution in [-0.2, 0) is 0 Å². The van der Waals surface area contributed by atoms with Crippen molar-refractivity contribution >= 4 is 0 Å². The summed E-state index contributed by atoms with van der Waals surface area (Å²) >= 11 is 0. The maximum absolute atomic E-state index is 9.88. The molecule has 1 fully saturated rings. The number of aliphatic hydroxyl groups excluding tert-OH is 1. The third-order valence-corrected chi connectivity index (χ3v) is 4.18. The fraction of sp³-hybridized carbons (Fsp3) is 1.00. The average molecular weight is 241 g/mol. The lowest BCUT2D eigenvalue weighted by atomic mass is 9.86. The van der Waals surface area contributed by atoms with Crippen LogP contribution in [0.25, 0.3) is 0 Å². The second-order valence-corrected chi connectivity index (χ2v) is 6.93. The Morgan fingerprint density at radius 3 is 2.12 bits per heavy atom. The molecule has 0 heterocycles. The SMILES string of the molecule is CC(C)CN(CC(C)(C)C(C)O)C1CCCC1. The van der Waals surface area contributed by atoms with Gasteiger partial charge in [0.2, 0.25) is 0 Å². The van der Waals surface area contributed by atoms with Gasteiger partial charge in [-0.3, -0.25) is 4.90 Å². The average Bonchev–Trinajstić information content (AvgIpc) is 2.67.